The first-order valence-corrected chi connectivity index (χ1v) is 8.81. The fraction of sp³-hybridized carbons (Fsp3) is 0.700. The number of hydrogen-bond acceptors (Lipinski definition) is 2. The maximum Gasteiger partial charge on any atom is 0.156 e. The molecule has 4 rings (SSSR count). The number of Topliss-reactive ketones (excluding diaryl/α,β-unsaturated/α-hetero) is 1. The summed E-state index contributed by atoms with van der Waals surface area (Å²) in [6, 6.07) is 0. The molecule has 2 saturated carbocycles. The van der Waals surface area contributed by atoms with Crippen molar-refractivity contribution in [3.63, 3.8) is 0 Å². The van der Waals surface area contributed by atoms with E-state index >= 15 is 0 Å². The first-order valence-electron chi connectivity index (χ1n) is 8.81. The molecule has 118 valence electrons. The number of carbonyl (C=O) groups is 2. The third-order valence-electron chi connectivity index (χ3n) is 7.51. The molecular weight excluding hydrogens is 272 g/mol. The second-order valence-electron chi connectivity index (χ2n) is 8.50. The van der Waals surface area contributed by atoms with Crippen LogP contribution in [0.15, 0.2) is 23.3 Å². The summed E-state index contributed by atoms with van der Waals surface area (Å²) in [4.78, 5) is 24.1. The summed E-state index contributed by atoms with van der Waals surface area (Å²) in [5, 5.41) is 0. The molecule has 0 saturated heterocycles. The molecule has 4 aliphatic rings. The monoisotopic (exact) mass is 298 g/mol. The molecule has 0 aromatic heterocycles. The number of allylic oxidation sites excluding steroid dienone is 4. The minimum atomic E-state index is 0.0905. The van der Waals surface area contributed by atoms with Gasteiger partial charge in [0.2, 0.25) is 0 Å². The Kier molecular flexibility index (Phi) is 2.90. The van der Waals surface area contributed by atoms with Crippen LogP contribution in [0.25, 0.3) is 0 Å². The number of hydrogen-bond donors (Lipinski definition) is 0. The lowest BCUT2D eigenvalue weighted by atomic mass is 9.50. The van der Waals surface area contributed by atoms with Gasteiger partial charge in [-0.1, -0.05) is 31.1 Å². The van der Waals surface area contributed by atoms with Gasteiger partial charge in [-0.25, -0.2) is 0 Å². The van der Waals surface area contributed by atoms with Gasteiger partial charge >= 0.3 is 0 Å². The van der Waals surface area contributed by atoms with Crippen LogP contribution >= 0.6 is 0 Å². The minimum absolute atomic E-state index is 0.0905. The summed E-state index contributed by atoms with van der Waals surface area (Å²) >= 11 is 0. The molecule has 2 nitrogen and oxygen atoms in total. The highest BCUT2D eigenvalue weighted by molar-refractivity contribution is 5.94. The molecule has 0 radical (unpaired) electrons. The predicted molar refractivity (Wildman–Crippen MR) is 86.2 cm³/mol. The van der Waals surface area contributed by atoms with Crippen LogP contribution < -0.4 is 0 Å². The number of carbonyl (C=O) groups excluding carboxylic acids is 2. The lowest BCUT2D eigenvalue weighted by Crippen LogP contribution is -2.46. The highest BCUT2D eigenvalue weighted by atomic mass is 16.1. The van der Waals surface area contributed by atoms with Crippen LogP contribution in [0.5, 0.6) is 0 Å². The number of ketones is 2. The van der Waals surface area contributed by atoms with Crippen molar-refractivity contribution in [1.82, 2.24) is 0 Å². The summed E-state index contributed by atoms with van der Waals surface area (Å²) in [7, 11) is 0. The maximum atomic E-state index is 12.1. The molecule has 0 bridgehead atoms. The van der Waals surface area contributed by atoms with Crippen LogP contribution in [-0.4, -0.2) is 11.6 Å². The van der Waals surface area contributed by atoms with Crippen LogP contribution in [0.3, 0.4) is 0 Å². The normalized spacial score (nSPS) is 46.5. The van der Waals surface area contributed by atoms with Crippen LogP contribution in [0.4, 0.5) is 0 Å². The predicted octanol–water partition coefficient (Wildman–Crippen LogP) is 4.25. The van der Waals surface area contributed by atoms with E-state index in [0.29, 0.717) is 29.8 Å². The highest BCUT2D eigenvalue weighted by Crippen LogP contribution is 2.65. The van der Waals surface area contributed by atoms with Gasteiger partial charge in [-0.05, 0) is 67.8 Å². The molecule has 5 atom stereocenters. The van der Waals surface area contributed by atoms with Crippen molar-refractivity contribution < 1.29 is 9.59 Å². The second kappa shape index (κ2) is 4.43. The van der Waals surface area contributed by atoms with Gasteiger partial charge in [-0.15, -0.1) is 0 Å². The Balaban J connectivity index is 1.70. The van der Waals surface area contributed by atoms with Crippen LogP contribution in [-0.2, 0) is 9.59 Å². The molecule has 2 fully saturated rings. The Morgan fingerprint density at radius 3 is 2.73 bits per heavy atom. The molecule has 0 heterocycles. The Labute approximate surface area is 133 Å². The maximum absolute atomic E-state index is 12.1. The zero-order valence-electron chi connectivity index (χ0n) is 13.9. The lowest BCUT2D eigenvalue weighted by molar-refractivity contribution is -0.124. The van der Waals surface area contributed by atoms with E-state index in [2.05, 4.69) is 19.9 Å². The van der Waals surface area contributed by atoms with E-state index in [4.69, 9.17) is 0 Å². The second-order valence-corrected chi connectivity index (χ2v) is 8.50. The first-order chi connectivity index (χ1) is 10.4. The summed E-state index contributed by atoms with van der Waals surface area (Å²) in [5.74, 6) is 2.07. The quantitative estimate of drug-likeness (QED) is 0.678. The fourth-order valence-corrected chi connectivity index (χ4v) is 6.36. The van der Waals surface area contributed by atoms with Crippen molar-refractivity contribution >= 4 is 11.6 Å². The molecule has 0 aromatic carbocycles. The van der Waals surface area contributed by atoms with Crippen molar-refractivity contribution in [2.75, 3.05) is 0 Å². The van der Waals surface area contributed by atoms with Gasteiger partial charge < -0.3 is 0 Å². The average molecular weight is 298 g/mol. The van der Waals surface area contributed by atoms with Crippen LogP contribution in [0.1, 0.15) is 59.3 Å². The number of rotatable bonds is 1. The Bertz CT molecular complexity index is 626. The third-order valence-corrected chi connectivity index (χ3v) is 7.51. The zero-order valence-corrected chi connectivity index (χ0v) is 13.9. The fourth-order valence-electron chi connectivity index (χ4n) is 6.36. The van der Waals surface area contributed by atoms with Crippen molar-refractivity contribution in [2.45, 2.75) is 59.3 Å². The highest BCUT2D eigenvalue weighted by Gasteiger charge is 2.57. The van der Waals surface area contributed by atoms with Gasteiger partial charge in [0.1, 0.15) is 5.78 Å². The molecule has 22 heavy (non-hydrogen) atoms. The topological polar surface area (TPSA) is 34.1 Å². The van der Waals surface area contributed by atoms with Gasteiger partial charge in [0, 0.05) is 12.3 Å². The molecule has 0 amide bonds. The minimum Gasteiger partial charge on any atom is -0.300 e. The molecule has 0 spiro atoms. The molecular formula is C20H26O2. The van der Waals surface area contributed by atoms with Gasteiger partial charge in [-0.3, -0.25) is 9.59 Å². The van der Waals surface area contributed by atoms with Crippen LogP contribution in [0.2, 0.25) is 0 Å². The lowest BCUT2D eigenvalue weighted by Gasteiger charge is -2.54. The van der Waals surface area contributed by atoms with E-state index in [1.807, 2.05) is 6.08 Å². The van der Waals surface area contributed by atoms with E-state index in [1.54, 1.807) is 12.5 Å². The first kappa shape index (κ1) is 14.4. The van der Waals surface area contributed by atoms with Gasteiger partial charge in [0.25, 0.3) is 0 Å². The Morgan fingerprint density at radius 2 is 2.00 bits per heavy atom. The van der Waals surface area contributed by atoms with E-state index < -0.39 is 0 Å². The van der Waals surface area contributed by atoms with Gasteiger partial charge in [0.05, 0.1) is 0 Å². The summed E-state index contributed by atoms with van der Waals surface area (Å²) in [6.45, 7) is 6.40. The molecule has 0 aliphatic heterocycles. The van der Waals surface area contributed by atoms with E-state index in [-0.39, 0.29) is 16.7 Å². The van der Waals surface area contributed by atoms with Crippen LogP contribution in [0, 0.1) is 28.6 Å². The number of fused-ring (bicyclic) bond motifs is 5. The van der Waals surface area contributed by atoms with E-state index in [0.717, 1.165) is 19.3 Å². The Hall–Kier alpha value is -1.18. The molecule has 5 unspecified atom stereocenters. The van der Waals surface area contributed by atoms with Gasteiger partial charge in [0.15, 0.2) is 5.78 Å². The van der Waals surface area contributed by atoms with Crippen molar-refractivity contribution in [2.24, 2.45) is 28.6 Å². The molecule has 0 aromatic rings. The summed E-state index contributed by atoms with van der Waals surface area (Å²) < 4.78 is 0. The standard InChI is InChI=1S/C20H26O2/c1-12(21)16-6-7-17-15-5-4-13-10-14(22)11-20(13,3)18(15)8-9-19(16,17)2/h7,10,15-16,18H,4-6,8-9,11H2,1-3H3. The molecule has 4 aliphatic carbocycles. The largest absolute Gasteiger partial charge is 0.300 e. The van der Waals surface area contributed by atoms with Crippen molar-refractivity contribution in [3.05, 3.63) is 23.3 Å². The smallest absolute Gasteiger partial charge is 0.156 e. The van der Waals surface area contributed by atoms with E-state index in [9.17, 15) is 9.59 Å². The van der Waals surface area contributed by atoms with E-state index in [1.165, 1.54) is 18.4 Å². The average Bonchev–Trinajstić information content (AvgIpc) is 2.93. The van der Waals surface area contributed by atoms with Gasteiger partial charge in [-0.2, -0.15) is 0 Å². The zero-order chi connectivity index (χ0) is 15.7. The SMILES string of the molecule is CC(=O)C1CC=C2C3CCC4=CC(=O)CC4(C)C3CCC21C. The van der Waals surface area contributed by atoms with Crippen molar-refractivity contribution in [1.29, 1.82) is 0 Å². The summed E-state index contributed by atoms with van der Waals surface area (Å²) in [6.07, 6.45) is 10.5. The van der Waals surface area contributed by atoms with Crippen molar-refractivity contribution in [3.8, 4) is 0 Å². The summed E-state index contributed by atoms with van der Waals surface area (Å²) in [5.41, 5.74) is 3.15. The third kappa shape index (κ3) is 1.67. The molecule has 0 N–H and O–H groups in total. The molecule has 2 heteroatoms. The Morgan fingerprint density at radius 1 is 1.23 bits per heavy atom.